The summed E-state index contributed by atoms with van der Waals surface area (Å²) in [6, 6.07) is 0. The van der Waals surface area contributed by atoms with Gasteiger partial charge in [-0.15, -0.1) is 0 Å². The van der Waals surface area contributed by atoms with Crippen LogP contribution in [0.25, 0.3) is 0 Å². The first-order valence-electron chi connectivity index (χ1n) is 17.9. The maximum Gasteiger partial charge on any atom is 0.140 e. The predicted molar refractivity (Wildman–Crippen MR) is 169 cm³/mol. The van der Waals surface area contributed by atoms with Gasteiger partial charge in [0.2, 0.25) is 0 Å². The van der Waals surface area contributed by atoms with E-state index in [1.807, 2.05) is 6.92 Å². The second-order valence-electron chi connectivity index (χ2n) is 18.3. The Kier molecular flexibility index (Phi) is 8.50. The average molecular weight is 571 g/mol. The quantitative estimate of drug-likeness (QED) is 0.356. The van der Waals surface area contributed by atoms with E-state index in [2.05, 4.69) is 69.2 Å². The van der Waals surface area contributed by atoms with Crippen molar-refractivity contribution in [1.82, 2.24) is 0 Å². The average Bonchev–Trinajstić information content (AvgIpc) is 2.85. The second kappa shape index (κ2) is 10.9. The molecule has 0 bridgehead atoms. The van der Waals surface area contributed by atoms with Crippen LogP contribution in [0.1, 0.15) is 128 Å². The lowest BCUT2D eigenvalue weighted by atomic mass is 9.34. The van der Waals surface area contributed by atoms with Crippen LogP contribution in [-0.2, 0) is 4.79 Å². The number of fused-ring (bicyclic) bond motifs is 3. The molecular weight excluding hydrogens is 504 g/mol. The summed E-state index contributed by atoms with van der Waals surface area (Å²) in [5.41, 5.74) is -0.439. The third-order valence-electron chi connectivity index (χ3n) is 15.6. The van der Waals surface area contributed by atoms with Crippen molar-refractivity contribution < 1.29 is 15.0 Å². The number of ketones is 1. The monoisotopic (exact) mass is 571 g/mol. The molecule has 0 aromatic heterocycles. The molecule has 0 heterocycles. The molecule has 0 aliphatic heterocycles. The Morgan fingerprint density at radius 2 is 1.54 bits per heavy atom. The Morgan fingerprint density at radius 1 is 0.878 bits per heavy atom. The van der Waals surface area contributed by atoms with Crippen LogP contribution in [-0.4, -0.2) is 28.2 Å². The lowest BCUT2D eigenvalue weighted by Gasteiger charge is -2.70. The van der Waals surface area contributed by atoms with E-state index in [1.54, 1.807) is 0 Å². The van der Waals surface area contributed by atoms with Crippen LogP contribution in [0.5, 0.6) is 0 Å². The van der Waals surface area contributed by atoms with E-state index in [1.165, 1.54) is 38.5 Å². The molecule has 0 aromatic rings. The summed E-state index contributed by atoms with van der Waals surface area (Å²) in [4.78, 5) is 15.2. The smallest absolute Gasteiger partial charge is 0.140 e. The molecule has 41 heavy (non-hydrogen) atoms. The summed E-state index contributed by atoms with van der Waals surface area (Å²) in [7, 11) is 0. The lowest BCUT2D eigenvalue weighted by Crippen LogP contribution is -2.70. The SMILES string of the molecule is CC(C)C1CCCC(C2CC(C(C)C)C3CC4(C)CC5(C)CC(C)C(C(C)O)C(O)C5(C)C(C)C4C(=O)C3C2C)C1. The van der Waals surface area contributed by atoms with Gasteiger partial charge in [-0.05, 0) is 109 Å². The van der Waals surface area contributed by atoms with E-state index < -0.39 is 12.2 Å². The zero-order valence-electron chi connectivity index (χ0n) is 28.6. The highest BCUT2D eigenvalue weighted by atomic mass is 16.3. The topological polar surface area (TPSA) is 57.5 Å². The number of carbonyl (C=O) groups is 1. The standard InChI is InChI=1S/C38H66O3/c1-20(2)26-13-12-14-27(15-26)29-16-28(21(3)4)30-18-36(9)19-37(10)17-22(5)31(25(8)39)35(41)38(37,11)24(7)33(36)34(40)32(30)23(29)6/h20-33,35,39,41H,12-19H2,1-11H3. The van der Waals surface area contributed by atoms with E-state index in [9.17, 15) is 10.2 Å². The summed E-state index contributed by atoms with van der Waals surface area (Å²) in [5, 5.41) is 22.8. The molecule has 2 N–H and O–H groups in total. The summed E-state index contributed by atoms with van der Waals surface area (Å²) >= 11 is 0. The molecule has 5 aliphatic carbocycles. The van der Waals surface area contributed by atoms with Crippen molar-refractivity contribution in [3.63, 3.8) is 0 Å². The third kappa shape index (κ3) is 4.74. The highest BCUT2D eigenvalue weighted by Gasteiger charge is 2.70. The maximum atomic E-state index is 15.2. The van der Waals surface area contributed by atoms with Gasteiger partial charge in [-0.25, -0.2) is 0 Å². The molecule has 236 valence electrons. The van der Waals surface area contributed by atoms with Gasteiger partial charge in [0.15, 0.2) is 0 Å². The Morgan fingerprint density at radius 3 is 2.12 bits per heavy atom. The van der Waals surface area contributed by atoms with Gasteiger partial charge in [0.05, 0.1) is 12.2 Å². The molecule has 16 atom stereocenters. The number of aliphatic hydroxyl groups is 2. The fourth-order valence-electron chi connectivity index (χ4n) is 13.5. The van der Waals surface area contributed by atoms with E-state index in [4.69, 9.17) is 0 Å². The maximum absolute atomic E-state index is 15.2. The van der Waals surface area contributed by atoms with Crippen molar-refractivity contribution in [3.8, 4) is 0 Å². The molecule has 5 saturated carbocycles. The Balaban J connectivity index is 1.52. The molecule has 0 radical (unpaired) electrons. The van der Waals surface area contributed by atoms with E-state index >= 15 is 4.79 Å². The molecule has 5 aliphatic rings. The number of hydrogen-bond acceptors (Lipinski definition) is 3. The van der Waals surface area contributed by atoms with Crippen LogP contribution in [0.3, 0.4) is 0 Å². The molecule has 5 fully saturated rings. The lowest BCUT2D eigenvalue weighted by molar-refractivity contribution is -0.253. The third-order valence-corrected chi connectivity index (χ3v) is 15.6. The zero-order valence-corrected chi connectivity index (χ0v) is 28.6. The Labute approximate surface area is 253 Å². The molecular formula is C38H66O3. The fourth-order valence-corrected chi connectivity index (χ4v) is 13.5. The second-order valence-corrected chi connectivity index (χ2v) is 18.3. The van der Waals surface area contributed by atoms with Gasteiger partial charge in [0.25, 0.3) is 0 Å². The highest BCUT2D eigenvalue weighted by molar-refractivity contribution is 5.86. The number of Topliss-reactive ketones (excluding diaryl/α,β-unsaturated/α-hetero) is 1. The normalized spacial score (nSPS) is 54.9. The number of carbonyl (C=O) groups excluding carboxylic acids is 1. The first kappa shape index (κ1) is 32.0. The zero-order chi connectivity index (χ0) is 30.4. The van der Waals surface area contributed by atoms with Crippen molar-refractivity contribution >= 4 is 5.78 Å². The van der Waals surface area contributed by atoms with E-state index in [0.717, 1.165) is 30.6 Å². The van der Waals surface area contributed by atoms with Gasteiger partial charge in [0, 0.05) is 23.2 Å². The summed E-state index contributed by atoms with van der Waals surface area (Å²) in [6.45, 7) is 25.8. The first-order valence-corrected chi connectivity index (χ1v) is 17.9. The Bertz CT molecular complexity index is 971. The van der Waals surface area contributed by atoms with Gasteiger partial charge < -0.3 is 10.2 Å². The minimum Gasteiger partial charge on any atom is -0.393 e. The van der Waals surface area contributed by atoms with Crippen LogP contribution < -0.4 is 0 Å². The highest BCUT2D eigenvalue weighted by Crippen LogP contribution is 2.72. The fraction of sp³-hybridized carbons (Fsp3) is 0.974. The van der Waals surface area contributed by atoms with E-state index in [-0.39, 0.29) is 45.8 Å². The Hall–Kier alpha value is -0.410. The van der Waals surface area contributed by atoms with Crippen LogP contribution in [0.15, 0.2) is 0 Å². The molecule has 0 amide bonds. The molecule has 0 saturated heterocycles. The predicted octanol–water partition coefficient (Wildman–Crippen LogP) is 8.65. The van der Waals surface area contributed by atoms with Gasteiger partial charge in [-0.3, -0.25) is 4.79 Å². The largest absolute Gasteiger partial charge is 0.393 e. The molecule has 16 unspecified atom stereocenters. The minimum absolute atomic E-state index is 0.00307. The number of rotatable bonds is 4. The van der Waals surface area contributed by atoms with Gasteiger partial charge in [0.1, 0.15) is 5.78 Å². The van der Waals surface area contributed by atoms with Crippen molar-refractivity contribution in [3.05, 3.63) is 0 Å². The van der Waals surface area contributed by atoms with Gasteiger partial charge in [-0.1, -0.05) is 88.5 Å². The van der Waals surface area contributed by atoms with Crippen molar-refractivity contribution in [1.29, 1.82) is 0 Å². The van der Waals surface area contributed by atoms with E-state index in [0.29, 0.717) is 35.4 Å². The molecule has 3 nitrogen and oxygen atoms in total. The summed E-state index contributed by atoms with van der Waals surface area (Å²) in [6.07, 6.45) is 8.88. The van der Waals surface area contributed by atoms with Gasteiger partial charge >= 0.3 is 0 Å². The van der Waals surface area contributed by atoms with Crippen LogP contribution in [0, 0.1) is 93.2 Å². The summed E-state index contributed by atoms with van der Waals surface area (Å²) < 4.78 is 0. The molecule has 0 aromatic carbocycles. The molecule has 0 spiro atoms. The van der Waals surface area contributed by atoms with Crippen molar-refractivity contribution in [2.24, 2.45) is 93.2 Å². The summed E-state index contributed by atoms with van der Waals surface area (Å²) in [5.74, 6) is 6.21. The molecule has 5 rings (SSSR count). The van der Waals surface area contributed by atoms with Gasteiger partial charge in [-0.2, -0.15) is 0 Å². The van der Waals surface area contributed by atoms with Crippen molar-refractivity contribution in [2.75, 3.05) is 0 Å². The first-order chi connectivity index (χ1) is 19.0. The van der Waals surface area contributed by atoms with Crippen LogP contribution in [0.4, 0.5) is 0 Å². The number of hydrogen-bond donors (Lipinski definition) is 2. The van der Waals surface area contributed by atoms with Crippen LogP contribution >= 0.6 is 0 Å². The van der Waals surface area contributed by atoms with Crippen LogP contribution in [0.2, 0.25) is 0 Å². The van der Waals surface area contributed by atoms with Crippen molar-refractivity contribution in [2.45, 2.75) is 140 Å². The molecule has 3 heteroatoms. The minimum atomic E-state index is -0.587. The number of aliphatic hydroxyl groups excluding tert-OH is 2.